The first-order valence-electron chi connectivity index (χ1n) is 9.97. The number of fused-ring (bicyclic) bond motifs is 1. The number of nitrogens with zero attached hydrogens (tertiary/aromatic N) is 1. The second kappa shape index (κ2) is 7.63. The van der Waals surface area contributed by atoms with Gasteiger partial charge in [0.05, 0.1) is 0 Å². The Bertz CT molecular complexity index is 772. The van der Waals surface area contributed by atoms with Crippen molar-refractivity contribution in [2.45, 2.75) is 63.7 Å². The molecule has 1 spiro atoms. The van der Waals surface area contributed by atoms with Crippen LogP contribution in [-0.4, -0.2) is 50.6 Å². The lowest BCUT2D eigenvalue weighted by molar-refractivity contribution is -0.0245. The zero-order valence-electron chi connectivity index (χ0n) is 17.8. The normalized spacial score (nSPS) is 22.3. The predicted octanol–water partition coefficient (Wildman–Crippen LogP) is 3.89. The van der Waals surface area contributed by atoms with E-state index >= 15 is 0 Å². The topological polar surface area (TPSA) is 84.9 Å². The number of ether oxygens (including phenoxy) is 1. The quantitative estimate of drug-likeness (QED) is 0.714. The molecular formula is C21H31FN2O4S. The van der Waals surface area contributed by atoms with E-state index in [0.29, 0.717) is 38.2 Å². The maximum atomic E-state index is 13.9. The minimum atomic E-state index is -1.21. The minimum Gasteiger partial charge on any atom is -0.598 e. The van der Waals surface area contributed by atoms with E-state index in [1.807, 2.05) is 20.8 Å². The minimum absolute atomic E-state index is 0.0778. The van der Waals surface area contributed by atoms with Gasteiger partial charge in [-0.1, -0.05) is 19.9 Å². The average Bonchev–Trinajstić information content (AvgIpc) is 2.92. The van der Waals surface area contributed by atoms with Gasteiger partial charge in [-0.3, -0.25) is 0 Å². The van der Waals surface area contributed by atoms with Crippen molar-refractivity contribution in [1.82, 2.24) is 9.62 Å². The molecule has 0 aromatic heterocycles. The van der Waals surface area contributed by atoms with Gasteiger partial charge < -0.3 is 19.3 Å². The van der Waals surface area contributed by atoms with Crippen molar-refractivity contribution in [3.63, 3.8) is 0 Å². The zero-order valence-corrected chi connectivity index (χ0v) is 18.6. The SMILES string of the molecule is CC(C)(CN[S@+]([O-])C(C)(C)C)[C@@H]1c2ccc(F)cc2OC12CCN(C(=O)O)CC2. The Kier molecular flexibility index (Phi) is 5.84. The molecule has 2 heterocycles. The molecule has 1 amide bonds. The Balaban J connectivity index is 1.90. The van der Waals surface area contributed by atoms with Gasteiger partial charge in [-0.25, -0.2) is 9.18 Å². The summed E-state index contributed by atoms with van der Waals surface area (Å²) >= 11 is -1.21. The van der Waals surface area contributed by atoms with Crippen LogP contribution in [0.2, 0.25) is 0 Å². The fourth-order valence-electron chi connectivity index (χ4n) is 4.57. The first-order chi connectivity index (χ1) is 13.4. The number of hydrogen-bond donors (Lipinski definition) is 2. The van der Waals surface area contributed by atoms with Crippen molar-refractivity contribution in [2.75, 3.05) is 19.6 Å². The third-order valence-corrected chi connectivity index (χ3v) is 7.52. The number of carboxylic acid groups (broad SMARTS) is 1. The second-order valence-electron chi connectivity index (χ2n) is 9.74. The Morgan fingerprint density at radius 2 is 1.97 bits per heavy atom. The largest absolute Gasteiger partial charge is 0.598 e. The molecule has 29 heavy (non-hydrogen) atoms. The Morgan fingerprint density at radius 3 is 2.52 bits per heavy atom. The van der Waals surface area contributed by atoms with Crippen LogP contribution in [0.4, 0.5) is 9.18 Å². The van der Waals surface area contributed by atoms with Crippen molar-refractivity contribution in [1.29, 1.82) is 0 Å². The number of carbonyl (C=O) groups is 1. The van der Waals surface area contributed by atoms with E-state index in [1.165, 1.54) is 17.0 Å². The lowest BCUT2D eigenvalue weighted by Gasteiger charge is -2.46. The molecular weight excluding hydrogens is 395 g/mol. The molecule has 0 aliphatic carbocycles. The van der Waals surface area contributed by atoms with Gasteiger partial charge in [0.15, 0.2) is 0 Å². The number of piperidine rings is 1. The third kappa shape index (κ3) is 4.34. The van der Waals surface area contributed by atoms with Gasteiger partial charge in [0, 0.05) is 61.4 Å². The lowest BCUT2D eigenvalue weighted by Crippen LogP contribution is -2.55. The van der Waals surface area contributed by atoms with E-state index in [1.54, 1.807) is 6.07 Å². The van der Waals surface area contributed by atoms with Crippen LogP contribution in [0.5, 0.6) is 5.75 Å². The Labute approximate surface area is 175 Å². The fourth-order valence-corrected chi connectivity index (χ4v) is 5.50. The van der Waals surface area contributed by atoms with Crippen LogP contribution < -0.4 is 9.46 Å². The summed E-state index contributed by atoms with van der Waals surface area (Å²) in [4.78, 5) is 12.8. The van der Waals surface area contributed by atoms with Crippen molar-refractivity contribution >= 4 is 17.5 Å². The molecule has 1 saturated heterocycles. The van der Waals surface area contributed by atoms with Gasteiger partial charge in [0.25, 0.3) is 0 Å². The maximum absolute atomic E-state index is 13.9. The standard InChI is InChI=1S/C21H31FN2O4S/c1-19(2,3)29(27)23-13-20(4,5)17-15-7-6-14(22)12-16(15)28-21(17)8-10-24(11-9-21)18(25)26/h6-7,12,17,23H,8-11,13H2,1-5H3,(H,25,26)/t17-,29+/m0/s1. The molecule has 2 aliphatic rings. The summed E-state index contributed by atoms with van der Waals surface area (Å²) in [6, 6.07) is 4.63. The van der Waals surface area contributed by atoms with Crippen molar-refractivity contribution in [3.8, 4) is 5.75 Å². The zero-order chi connectivity index (χ0) is 21.6. The molecule has 0 unspecified atom stereocenters. The highest BCUT2D eigenvalue weighted by molar-refractivity contribution is 7.90. The summed E-state index contributed by atoms with van der Waals surface area (Å²) in [7, 11) is 0. The fraction of sp³-hybridized carbons (Fsp3) is 0.667. The van der Waals surface area contributed by atoms with Gasteiger partial charge in [0.2, 0.25) is 0 Å². The molecule has 3 rings (SSSR count). The van der Waals surface area contributed by atoms with E-state index in [4.69, 9.17) is 4.74 Å². The molecule has 8 heteroatoms. The van der Waals surface area contributed by atoms with Gasteiger partial charge in [-0.2, -0.15) is 0 Å². The molecule has 0 saturated carbocycles. The second-order valence-corrected chi connectivity index (χ2v) is 11.8. The smallest absolute Gasteiger partial charge is 0.407 e. The van der Waals surface area contributed by atoms with Crippen LogP contribution in [0.15, 0.2) is 18.2 Å². The number of rotatable bonds is 4. The maximum Gasteiger partial charge on any atom is 0.407 e. The van der Waals surface area contributed by atoms with Crippen LogP contribution in [-0.2, 0) is 11.4 Å². The summed E-state index contributed by atoms with van der Waals surface area (Å²) in [5, 5.41) is 9.32. The van der Waals surface area contributed by atoms with Crippen molar-refractivity contribution < 1.29 is 23.6 Å². The van der Waals surface area contributed by atoms with Gasteiger partial charge >= 0.3 is 6.09 Å². The first-order valence-corrected chi connectivity index (χ1v) is 11.1. The summed E-state index contributed by atoms with van der Waals surface area (Å²) in [5.41, 5.74) is -0.0187. The highest BCUT2D eigenvalue weighted by Crippen LogP contribution is 2.56. The van der Waals surface area contributed by atoms with Crippen molar-refractivity contribution in [3.05, 3.63) is 29.6 Å². The third-order valence-electron chi connectivity index (χ3n) is 6.00. The number of likely N-dealkylation sites (tertiary alicyclic amines) is 1. The van der Waals surface area contributed by atoms with Gasteiger partial charge in [-0.05, 0) is 32.3 Å². The van der Waals surface area contributed by atoms with Crippen LogP contribution >= 0.6 is 0 Å². The Morgan fingerprint density at radius 1 is 1.34 bits per heavy atom. The first kappa shape index (κ1) is 22.2. The summed E-state index contributed by atoms with van der Waals surface area (Å²) in [6.07, 6.45) is 0.137. The molecule has 6 nitrogen and oxygen atoms in total. The lowest BCUT2D eigenvalue weighted by atomic mass is 9.64. The van der Waals surface area contributed by atoms with E-state index in [2.05, 4.69) is 18.6 Å². The monoisotopic (exact) mass is 426 g/mol. The van der Waals surface area contributed by atoms with Crippen LogP contribution in [0.25, 0.3) is 0 Å². The summed E-state index contributed by atoms with van der Waals surface area (Å²) in [6.45, 7) is 11.2. The number of amides is 1. The van der Waals surface area contributed by atoms with E-state index in [0.717, 1.165) is 5.56 Å². The highest BCUT2D eigenvalue weighted by Gasteiger charge is 2.56. The van der Waals surface area contributed by atoms with Crippen molar-refractivity contribution in [2.24, 2.45) is 5.41 Å². The molecule has 2 atom stereocenters. The van der Waals surface area contributed by atoms with Gasteiger partial charge in [-0.15, -0.1) is 4.72 Å². The highest BCUT2D eigenvalue weighted by atomic mass is 32.2. The molecule has 2 N–H and O–H groups in total. The van der Waals surface area contributed by atoms with Crippen LogP contribution in [0, 0.1) is 11.2 Å². The number of halogens is 1. The summed E-state index contributed by atoms with van der Waals surface area (Å²) in [5.74, 6) is 0.0992. The van der Waals surface area contributed by atoms with E-state index in [9.17, 15) is 18.8 Å². The molecule has 1 fully saturated rings. The molecule has 2 aliphatic heterocycles. The van der Waals surface area contributed by atoms with Crippen LogP contribution in [0.3, 0.4) is 0 Å². The Hall–Kier alpha value is -1.51. The van der Waals surface area contributed by atoms with Crippen LogP contribution in [0.1, 0.15) is 58.9 Å². The molecule has 0 radical (unpaired) electrons. The molecule has 1 aromatic carbocycles. The van der Waals surface area contributed by atoms with E-state index < -0.39 is 23.1 Å². The van der Waals surface area contributed by atoms with E-state index in [-0.39, 0.29) is 21.9 Å². The molecule has 1 aromatic rings. The number of hydrogen-bond acceptors (Lipinski definition) is 4. The number of nitrogens with one attached hydrogen (secondary N) is 1. The predicted molar refractivity (Wildman–Crippen MR) is 111 cm³/mol. The molecule has 162 valence electrons. The average molecular weight is 427 g/mol. The number of benzene rings is 1. The molecule has 0 bridgehead atoms. The van der Waals surface area contributed by atoms with Gasteiger partial charge in [0.1, 0.15) is 21.9 Å². The summed E-state index contributed by atoms with van der Waals surface area (Å²) < 4.78 is 35.6.